The summed E-state index contributed by atoms with van der Waals surface area (Å²) in [6.07, 6.45) is 3.94. The fourth-order valence-corrected chi connectivity index (χ4v) is 2.48. The fraction of sp³-hybridized carbons (Fsp3) is 0.769. The highest BCUT2D eigenvalue weighted by Gasteiger charge is 2.31. The first-order valence-electron chi connectivity index (χ1n) is 6.44. The highest BCUT2D eigenvalue weighted by Crippen LogP contribution is 2.23. The zero-order chi connectivity index (χ0) is 12.8. The largest absolute Gasteiger partial charge is 0.351 e. The number of rotatable bonds is 5. The Hall–Kier alpha value is -0.870. The average molecular weight is 239 g/mol. The van der Waals surface area contributed by atoms with Crippen LogP contribution in [0.4, 0.5) is 0 Å². The van der Waals surface area contributed by atoms with E-state index in [1.807, 2.05) is 6.92 Å². The second-order valence-corrected chi connectivity index (χ2v) is 4.97. The van der Waals surface area contributed by atoms with Crippen molar-refractivity contribution in [1.82, 2.24) is 10.2 Å². The molecule has 1 fully saturated rings. The number of nitrogens with two attached hydrogens (primary N) is 1. The van der Waals surface area contributed by atoms with Gasteiger partial charge in [0.15, 0.2) is 0 Å². The van der Waals surface area contributed by atoms with Crippen LogP contribution in [0, 0.1) is 5.92 Å². The topological polar surface area (TPSA) is 58.4 Å². The third-order valence-electron chi connectivity index (χ3n) is 3.59. The zero-order valence-corrected chi connectivity index (χ0v) is 11.0. The quantitative estimate of drug-likeness (QED) is 0.696. The average Bonchev–Trinajstić information content (AvgIpc) is 2.34. The molecule has 3 atom stereocenters. The molecule has 1 amide bonds. The summed E-state index contributed by atoms with van der Waals surface area (Å²) in [5.41, 5.74) is 5.80. The summed E-state index contributed by atoms with van der Waals surface area (Å²) in [7, 11) is 0. The van der Waals surface area contributed by atoms with E-state index in [1.54, 1.807) is 6.08 Å². The molecule has 0 radical (unpaired) electrons. The first-order chi connectivity index (χ1) is 8.10. The van der Waals surface area contributed by atoms with Crippen LogP contribution in [0.2, 0.25) is 0 Å². The number of hydrogen-bond donors (Lipinski definition) is 2. The summed E-state index contributed by atoms with van der Waals surface area (Å²) in [6, 6.07) is 0.235. The number of hydrogen-bond acceptors (Lipinski definition) is 3. The molecule has 3 unspecified atom stereocenters. The third-order valence-corrected chi connectivity index (χ3v) is 3.59. The van der Waals surface area contributed by atoms with Gasteiger partial charge in [0.25, 0.3) is 0 Å². The van der Waals surface area contributed by atoms with E-state index in [-0.39, 0.29) is 11.9 Å². The van der Waals surface area contributed by atoms with E-state index in [2.05, 4.69) is 23.7 Å². The van der Waals surface area contributed by atoms with Crippen molar-refractivity contribution in [2.24, 2.45) is 11.7 Å². The SMILES string of the molecule is C=CCNC(=O)C(C)N1CCC(C)CC1CN. The Morgan fingerprint density at radius 3 is 3.00 bits per heavy atom. The van der Waals surface area contributed by atoms with Gasteiger partial charge in [-0.15, -0.1) is 6.58 Å². The van der Waals surface area contributed by atoms with Gasteiger partial charge in [-0.05, 0) is 32.2 Å². The summed E-state index contributed by atoms with van der Waals surface area (Å²) in [5.74, 6) is 0.779. The predicted molar refractivity (Wildman–Crippen MR) is 70.6 cm³/mol. The van der Waals surface area contributed by atoms with Gasteiger partial charge in [-0.3, -0.25) is 9.69 Å². The van der Waals surface area contributed by atoms with E-state index in [4.69, 9.17) is 5.73 Å². The van der Waals surface area contributed by atoms with E-state index >= 15 is 0 Å². The van der Waals surface area contributed by atoms with Crippen molar-refractivity contribution in [3.05, 3.63) is 12.7 Å². The van der Waals surface area contributed by atoms with Gasteiger partial charge in [0.2, 0.25) is 5.91 Å². The van der Waals surface area contributed by atoms with Crippen LogP contribution >= 0.6 is 0 Å². The van der Waals surface area contributed by atoms with Gasteiger partial charge in [0.05, 0.1) is 6.04 Å². The second kappa shape index (κ2) is 6.77. The van der Waals surface area contributed by atoms with Gasteiger partial charge in [-0.25, -0.2) is 0 Å². The Kier molecular flexibility index (Phi) is 5.65. The van der Waals surface area contributed by atoms with Gasteiger partial charge < -0.3 is 11.1 Å². The molecule has 0 saturated carbocycles. The lowest BCUT2D eigenvalue weighted by Gasteiger charge is -2.40. The van der Waals surface area contributed by atoms with E-state index in [9.17, 15) is 4.79 Å². The number of nitrogens with zero attached hydrogens (tertiary/aromatic N) is 1. The summed E-state index contributed by atoms with van der Waals surface area (Å²) in [6.45, 7) is 9.93. The molecule has 98 valence electrons. The fourth-order valence-electron chi connectivity index (χ4n) is 2.48. The maximum atomic E-state index is 11.9. The Morgan fingerprint density at radius 2 is 2.41 bits per heavy atom. The minimum atomic E-state index is -0.101. The summed E-state index contributed by atoms with van der Waals surface area (Å²) >= 11 is 0. The maximum absolute atomic E-state index is 11.9. The van der Waals surface area contributed by atoms with Gasteiger partial charge in [-0.2, -0.15) is 0 Å². The molecular formula is C13H25N3O. The number of carbonyl (C=O) groups is 1. The number of likely N-dealkylation sites (tertiary alicyclic amines) is 1. The monoisotopic (exact) mass is 239 g/mol. The van der Waals surface area contributed by atoms with Crippen LogP contribution in [0.15, 0.2) is 12.7 Å². The van der Waals surface area contributed by atoms with E-state index < -0.39 is 0 Å². The normalized spacial score (nSPS) is 27.5. The van der Waals surface area contributed by atoms with Gasteiger partial charge in [0.1, 0.15) is 0 Å². The maximum Gasteiger partial charge on any atom is 0.237 e. The molecule has 0 aliphatic carbocycles. The summed E-state index contributed by atoms with van der Waals surface area (Å²) in [5, 5.41) is 2.85. The lowest BCUT2D eigenvalue weighted by molar-refractivity contribution is -0.127. The molecule has 0 spiro atoms. The highest BCUT2D eigenvalue weighted by molar-refractivity contribution is 5.81. The molecule has 1 rings (SSSR count). The number of amides is 1. The van der Waals surface area contributed by atoms with Crippen molar-refractivity contribution < 1.29 is 4.79 Å². The number of nitrogens with one attached hydrogen (secondary N) is 1. The minimum Gasteiger partial charge on any atom is -0.351 e. The minimum absolute atomic E-state index is 0.0675. The van der Waals surface area contributed by atoms with Crippen molar-refractivity contribution in [2.45, 2.75) is 38.8 Å². The highest BCUT2D eigenvalue weighted by atomic mass is 16.2. The molecule has 1 saturated heterocycles. The van der Waals surface area contributed by atoms with E-state index in [0.29, 0.717) is 25.0 Å². The molecule has 3 N–H and O–H groups in total. The van der Waals surface area contributed by atoms with Crippen LogP contribution in [0.25, 0.3) is 0 Å². The second-order valence-electron chi connectivity index (χ2n) is 4.97. The summed E-state index contributed by atoms with van der Waals surface area (Å²) in [4.78, 5) is 14.1. The van der Waals surface area contributed by atoms with Crippen LogP contribution in [0.1, 0.15) is 26.7 Å². The molecule has 0 aromatic heterocycles. The first-order valence-corrected chi connectivity index (χ1v) is 6.44. The smallest absolute Gasteiger partial charge is 0.237 e. The predicted octanol–water partition coefficient (Wildman–Crippen LogP) is 0.736. The van der Waals surface area contributed by atoms with Crippen molar-refractivity contribution in [3.63, 3.8) is 0 Å². The standard InChI is InChI=1S/C13H25N3O/c1-4-6-15-13(17)11(3)16-7-5-10(2)8-12(16)9-14/h4,10-12H,1,5-9,14H2,2-3H3,(H,15,17). The first kappa shape index (κ1) is 14.2. The van der Waals surface area contributed by atoms with Crippen LogP contribution in [0.5, 0.6) is 0 Å². The van der Waals surface area contributed by atoms with Crippen LogP contribution < -0.4 is 11.1 Å². The molecule has 1 heterocycles. The molecule has 17 heavy (non-hydrogen) atoms. The zero-order valence-electron chi connectivity index (χ0n) is 11.0. The molecule has 1 aliphatic heterocycles. The Labute approximate surface area is 104 Å². The molecule has 0 aromatic rings. The van der Waals surface area contributed by atoms with Gasteiger partial charge >= 0.3 is 0 Å². The van der Waals surface area contributed by atoms with Gasteiger partial charge in [-0.1, -0.05) is 13.0 Å². The van der Waals surface area contributed by atoms with Crippen LogP contribution in [-0.4, -0.2) is 42.5 Å². The number of carbonyl (C=O) groups excluding carboxylic acids is 1. The third kappa shape index (κ3) is 3.82. The van der Waals surface area contributed by atoms with Crippen LogP contribution in [-0.2, 0) is 4.79 Å². The van der Waals surface area contributed by atoms with Gasteiger partial charge in [0, 0.05) is 19.1 Å². The molecule has 4 heteroatoms. The molecule has 1 aliphatic rings. The van der Waals surface area contributed by atoms with Crippen molar-refractivity contribution in [2.75, 3.05) is 19.6 Å². The lowest BCUT2D eigenvalue weighted by atomic mass is 9.91. The van der Waals surface area contributed by atoms with Crippen molar-refractivity contribution >= 4 is 5.91 Å². The Bertz CT molecular complexity index is 267. The van der Waals surface area contributed by atoms with Crippen LogP contribution in [0.3, 0.4) is 0 Å². The molecule has 4 nitrogen and oxygen atoms in total. The Morgan fingerprint density at radius 1 is 1.71 bits per heavy atom. The molecule has 0 aromatic carbocycles. The van der Waals surface area contributed by atoms with Crippen molar-refractivity contribution in [3.8, 4) is 0 Å². The Balaban J connectivity index is 2.56. The van der Waals surface area contributed by atoms with E-state index in [0.717, 1.165) is 19.4 Å². The lowest BCUT2D eigenvalue weighted by Crippen LogP contribution is -2.55. The number of piperidine rings is 1. The van der Waals surface area contributed by atoms with Crippen molar-refractivity contribution in [1.29, 1.82) is 0 Å². The molecule has 0 bridgehead atoms. The molecular weight excluding hydrogens is 214 g/mol. The summed E-state index contributed by atoms with van der Waals surface area (Å²) < 4.78 is 0. The van der Waals surface area contributed by atoms with E-state index in [1.165, 1.54) is 0 Å².